The number of para-hydroxylation sites is 2. The highest BCUT2D eigenvalue weighted by molar-refractivity contribution is 6.05. The van der Waals surface area contributed by atoms with Crippen LogP contribution >= 0.6 is 0 Å². The number of hydrogen-bond acceptors (Lipinski definition) is 4. The summed E-state index contributed by atoms with van der Waals surface area (Å²) in [4.78, 5) is 23.6. The third-order valence-electron chi connectivity index (χ3n) is 3.00. The average molecular weight is 299 g/mol. The van der Waals surface area contributed by atoms with Crippen LogP contribution < -0.4 is 10.1 Å². The van der Waals surface area contributed by atoms with E-state index in [0.717, 1.165) is 0 Å². The highest BCUT2D eigenvalue weighted by atomic mass is 16.5. The number of anilines is 1. The van der Waals surface area contributed by atoms with Gasteiger partial charge < -0.3 is 14.8 Å². The third-order valence-corrected chi connectivity index (χ3v) is 3.00. The maximum Gasteiger partial charge on any atom is 0.337 e. The zero-order valence-corrected chi connectivity index (χ0v) is 12.5. The molecule has 0 saturated carbocycles. The number of rotatable bonds is 5. The Labute approximate surface area is 128 Å². The highest BCUT2D eigenvalue weighted by Gasteiger charge is 2.11. The number of methoxy groups -OCH3 is 1. The second-order valence-electron chi connectivity index (χ2n) is 4.45. The minimum Gasteiger partial charge on any atom is -0.492 e. The van der Waals surface area contributed by atoms with E-state index in [9.17, 15) is 9.59 Å². The number of nitrogens with one attached hydrogen (secondary N) is 1. The van der Waals surface area contributed by atoms with E-state index in [1.165, 1.54) is 7.11 Å². The Morgan fingerprint density at radius 1 is 1.00 bits per heavy atom. The molecule has 2 aromatic rings. The zero-order chi connectivity index (χ0) is 15.9. The molecule has 0 saturated heterocycles. The van der Waals surface area contributed by atoms with Crippen LogP contribution in [0.2, 0.25) is 0 Å². The van der Waals surface area contributed by atoms with E-state index < -0.39 is 5.97 Å². The molecule has 1 amide bonds. The minimum absolute atomic E-state index is 0.274. The first-order valence-electron chi connectivity index (χ1n) is 6.87. The van der Waals surface area contributed by atoms with E-state index in [1.54, 1.807) is 36.4 Å². The van der Waals surface area contributed by atoms with Crippen LogP contribution in [-0.4, -0.2) is 25.6 Å². The smallest absolute Gasteiger partial charge is 0.337 e. The molecule has 0 unspecified atom stereocenters. The summed E-state index contributed by atoms with van der Waals surface area (Å²) in [7, 11) is 1.31. The van der Waals surface area contributed by atoms with Gasteiger partial charge in [-0.05, 0) is 43.3 Å². The first-order valence-corrected chi connectivity index (χ1v) is 6.87. The van der Waals surface area contributed by atoms with Crippen molar-refractivity contribution in [3.63, 3.8) is 0 Å². The summed E-state index contributed by atoms with van der Waals surface area (Å²) in [6.45, 7) is 2.39. The zero-order valence-electron chi connectivity index (χ0n) is 12.5. The van der Waals surface area contributed by atoms with Crippen molar-refractivity contribution < 1.29 is 19.1 Å². The standard InChI is InChI=1S/C17H17NO4/c1-3-22-15-7-5-4-6-14(15)18-16(19)12-8-10-13(11-9-12)17(20)21-2/h4-11H,3H2,1-2H3,(H,18,19). The van der Waals surface area contributed by atoms with Gasteiger partial charge in [0, 0.05) is 5.56 Å². The molecule has 22 heavy (non-hydrogen) atoms. The summed E-state index contributed by atoms with van der Waals surface area (Å²) in [5, 5.41) is 2.79. The molecule has 0 radical (unpaired) electrons. The topological polar surface area (TPSA) is 64.6 Å². The van der Waals surface area contributed by atoms with Crippen molar-refractivity contribution in [2.45, 2.75) is 6.92 Å². The van der Waals surface area contributed by atoms with Gasteiger partial charge in [-0.15, -0.1) is 0 Å². The van der Waals surface area contributed by atoms with Crippen molar-refractivity contribution in [3.8, 4) is 5.75 Å². The fourth-order valence-electron chi connectivity index (χ4n) is 1.92. The molecule has 0 spiro atoms. The van der Waals surface area contributed by atoms with Gasteiger partial charge in [0.1, 0.15) is 5.75 Å². The van der Waals surface area contributed by atoms with Gasteiger partial charge >= 0.3 is 5.97 Å². The van der Waals surface area contributed by atoms with Gasteiger partial charge in [0.05, 0.1) is 25.0 Å². The second-order valence-corrected chi connectivity index (χ2v) is 4.45. The Kier molecular flexibility index (Phi) is 5.14. The molecule has 5 nitrogen and oxygen atoms in total. The molecule has 0 atom stereocenters. The number of carbonyl (C=O) groups is 2. The van der Waals surface area contributed by atoms with E-state index in [2.05, 4.69) is 10.1 Å². The highest BCUT2D eigenvalue weighted by Crippen LogP contribution is 2.24. The summed E-state index contributed by atoms with van der Waals surface area (Å²) < 4.78 is 10.1. The van der Waals surface area contributed by atoms with Gasteiger partial charge in [-0.25, -0.2) is 4.79 Å². The quantitative estimate of drug-likeness (QED) is 0.862. The van der Waals surface area contributed by atoms with Gasteiger partial charge in [0.25, 0.3) is 5.91 Å². The maximum atomic E-state index is 12.2. The van der Waals surface area contributed by atoms with Crippen molar-refractivity contribution >= 4 is 17.6 Å². The monoisotopic (exact) mass is 299 g/mol. The van der Waals surface area contributed by atoms with Crippen molar-refractivity contribution in [1.82, 2.24) is 0 Å². The number of carbonyl (C=O) groups excluding carboxylic acids is 2. The maximum absolute atomic E-state index is 12.2. The van der Waals surface area contributed by atoms with E-state index in [-0.39, 0.29) is 5.91 Å². The summed E-state index contributed by atoms with van der Waals surface area (Å²) in [5.74, 6) is -0.0956. The molecule has 0 aliphatic carbocycles. The van der Waals surface area contributed by atoms with Crippen molar-refractivity contribution in [2.75, 3.05) is 19.0 Å². The lowest BCUT2D eigenvalue weighted by Gasteiger charge is -2.11. The van der Waals surface area contributed by atoms with Crippen LogP contribution in [0.1, 0.15) is 27.6 Å². The van der Waals surface area contributed by atoms with Crippen molar-refractivity contribution in [3.05, 3.63) is 59.7 Å². The fraction of sp³-hybridized carbons (Fsp3) is 0.176. The van der Waals surface area contributed by atoms with E-state index in [1.807, 2.05) is 19.1 Å². The molecule has 2 aromatic carbocycles. The summed E-state index contributed by atoms with van der Waals surface area (Å²) in [5.41, 5.74) is 1.44. The summed E-state index contributed by atoms with van der Waals surface area (Å²) in [6, 6.07) is 13.5. The van der Waals surface area contributed by atoms with Crippen molar-refractivity contribution in [2.24, 2.45) is 0 Å². The van der Waals surface area contributed by atoms with Crippen LogP contribution in [0.3, 0.4) is 0 Å². The molecule has 0 aliphatic heterocycles. The largest absolute Gasteiger partial charge is 0.492 e. The predicted octanol–water partition coefficient (Wildman–Crippen LogP) is 3.12. The molecule has 0 bridgehead atoms. The molecule has 2 rings (SSSR count). The minimum atomic E-state index is -0.436. The molecule has 0 fully saturated rings. The van der Waals surface area contributed by atoms with Crippen LogP contribution in [0.4, 0.5) is 5.69 Å². The molecular formula is C17H17NO4. The first-order chi connectivity index (χ1) is 10.7. The number of amides is 1. The Morgan fingerprint density at radius 3 is 2.27 bits per heavy atom. The molecule has 114 valence electrons. The average Bonchev–Trinajstić information content (AvgIpc) is 2.56. The van der Waals surface area contributed by atoms with E-state index >= 15 is 0 Å². The number of benzene rings is 2. The lowest BCUT2D eigenvalue weighted by molar-refractivity contribution is 0.0600. The number of esters is 1. The fourth-order valence-corrected chi connectivity index (χ4v) is 1.92. The Balaban J connectivity index is 2.14. The van der Waals surface area contributed by atoms with E-state index in [0.29, 0.717) is 29.2 Å². The van der Waals surface area contributed by atoms with Gasteiger partial charge in [0.15, 0.2) is 0 Å². The van der Waals surface area contributed by atoms with Crippen LogP contribution in [0.25, 0.3) is 0 Å². The second kappa shape index (κ2) is 7.26. The molecule has 0 aromatic heterocycles. The predicted molar refractivity (Wildman–Crippen MR) is 83.3 cm³/mol. The number of hydrogen-bond donors (Lipinski definition) is 1. The normalized spacial score (nSPS) is 9.91. The number of ether oxygens (including phenoxy) is 2. The van der Waals surface area contributed by atoms with Gasteiger partial charge in [-0.1, -0.05) is 12.1 Å². The molecular weight excluding hydrogens is 282 g/mol. The first kappa shape index (κ1) is 15.6. The molecule has 0 heterocycles. The molecule has 5 heteroatoms. The van der Waals surface area contributed by atoms with Crippen LogP contribution in [0, 0.1) is 0 Å². The lowest BCUT2D eigenvalue weighted by atomic mass is 10.1. The Morgan fingerprint density at radius 2 is 1.64 bits per heavy atom. The van der Waals surface area contributed by atoms with Gasteiger partial charge in [-0.2, -0.15) is 0 Å². The Bertz CT molecular complexity index is 665. The summed E-state index contributed by atoms with van der Waals surface area (Å²) >= 11 is 0. The Hall–Kier alpha value is -2.82. The molecule has 1 N–H and O–H groups in total. The lowest BCUT2D eigenvalue weighted by Crippen LogP contribution is -2.13. The SMILES string of the molecule is CCOc1ccccc1NC(=O)c1ccc(C(=O)OC)cc1. The van der Waals surface area contributed by atoms with Gasteiger partial charge in [-0.3, -0.25) is 4.79 Å². The van der Waals surface area contributed by atoms with Crippen LogP contribution in [0.5, 0.6) is 5.75 Å². The van der Waals surface area contributed by atoms with E-state index in [4.69, 9.17) is 4.74 Å². The van der Waals surface area contributed by atoms with Gasteiger partial charge in [0.2, 0.25) is 0 Å². The molecule has 0 aliphatic rings. The summed E-state index contributed by atoms with van der Waals surface area (Å²) in [6.07, 6.45) is 0. The van der Waals surface area contributed by atoms with Crippen LogP contribution in [-0.2, 0) is 4.74 Å². The van der Waals surface area contributed by atoms with Crippen molar-refractivity contribution in [1.29, 1.82) is 0 Å². The third kappa shape index (κ3) is 3.63. The van der Waals surface area contributed by atoms with Crippen LogP contribution in [0.15, 0.2) is 48.5 Å².